The normalized spacial score (nSPS) is 26.3. The largest absolute Gasteiger partial charge is 0.356 e. The van der Waals surface area contributed by atoms with E-state index in [1.807, 2.05) is 7.05 Å². The molecule has 2 atom stereocenters. The van der Waals surface area contributed by atoms with Crippen LogP contribution < -0.4 is 10.6 Å². The number of aromatic nitrogens is 2. The summed E-state index contributed by atoms with van der Waals surface area (Å²) in [5.41, 5.74) is 1.20. The van der Waals surface area contributed by atoms with E-state index in [2.05, 4.69) is 38.2 Å². The lowest BCUT2D eigenvalue weighted by Gasteiger charge is -2.20. The zero-order valence-corrected chi connectivity index (χ0v) is 18.4. The van der Waals surface area contributed by atoms with Crippen molar-refractivity contribution in [1.29, 1.82) is 0 Å². The molecule has 7 heteroatoms. The number of fused-ring (bicyclic) bond motifs is 1. The first-order valence-electron chi connectivity index (χ1n) is 9.99. The number of nitrogens with one attached hydrogen (secondary N) is 2. The number of likely N-dealkylation sites (tertiary alicyclic amines) is 1. The molecule has 2 fully saturated rings. The number of halogens is 1. The molecule has 3 aliphatic rings. The molecule has 26 heavy (non-hydrogen) atoms. The summed E-state index contributed by atoms with van der Waals surface area (Å²) in [5.74, 6) is 2.88. The predicted octanol–water partition coefficient (Wildman–Crippen LogP) is 2.03. The molecule has 3 heterocycles. The molecule has 6 nitrogen and oxygen atoms in total. The fraction of sp³-hybridized carbons (Fsp3) is 0.789. The van der Waals surface area contributed by atoms with E-state index in [1.165, 1.54) is 43.7 Å². The molecule has 1 aromatic heterocycles. The first-order valence-corrected chi connectivity index (χ1v) is 9.99. The van der Waals surface area contributed by atoms with Gasteiger partial charge in [-0.1, -0.05) is 6.92 Å². The minimum Gasteiger partial charge on any atom is -0.356 e. The second kappa shape index (κ2) is 8.91. The summed E-state index contributed by atoms with van der Waals surface area (Å²) in [4.78, 5) is 11.8. The lowest BCUT2D eigenvalue weighted by atomic mass is 10.1. The predicted molar refractivity (Wildman–Crippen MR) is 116 cm³/mol. The van der Waals surface area contributed by atoms with E-state index in [9.17, 15) is 0 Å². The molecule has 2 N–H and O–H groups in total. The molecule has 1 aliphatic carbocycles. The first kappa shape index (κ1) is 19.9. The van der Waals surface area contributed by atoms with Crippen LogP contribution in [0.2, 0.25) is 0 Å². The van der Waals surface area contributed by atoms with Gasteiger partial charge in [-0.3, -0.25) is 9.89 Å². The number of rotatable bonds is 5. The smallest absolute Gasteiger partial charge is 0.191 e. The Morgan fingerprint density at radius 3 is 2.88 bits per heavy atom. The number of guanidine groups is 1. The molecular weight excluding hydrogens is 439 g/mol. The fourth-order valence-corrected chi connectivity index (χ4v) is 4.20. The van der Waals surface area contributed by atoms with Crippen LogP contribution in [0.15, 0.2) is 11.2 Å². The van der Waals surface area contributed by atoms with Gasteiger partial charge in [-0.05, 0) is 31.6 Å². The quantitative estimate of drug-likeness (QED) is 0.391. The molecule has 2 unspecified atom stereocenters. The maximum Gasteiger partial charge on any atom is 0.191 e. The van der Waals surface area contributed by atoms with Crippen molar-refractivity contribution >= 4 is 29.9 Å². The standard InChI is InChI=1S/C19H32N6.HI/c1-14-11-25(16-6-7-16)13-17(14)23-19(20-2)21-9-8-15-12-24-10-4-3-5-18(24)22-15;/h12,14,16-17H,3-11,13H2,1-2H3,(H2,20,21,23);1H. The fourth-order valence-electron chi connectivity index (χ4n) is 4.20. The van der Waals surface area contributed by atoms with Gasteiger partial charge >= 0.3 is 0 Å². The third-order valence-corrected chi connectivity index (χ3v) is 5.88. The van der Waals surface area contributed by atoms with Gasteiger partial charge in [0.2, 0.25) is 0 Å². The second-order valence-corrected chi connectivity index (χ2v) is 7.96. The molecule has 4 rings (SSSR count). The molecule has 0 radical (unpaired) electrons. The molecule has 1 aromatic rings. The summed E-state index contributed by atoms with van der Waals surface area (Å²) < 4.78 is 2.33. The van der Waals surface area contributed by atoms with Crippen LogP contribution in [0.5, 0.6) is 0 Å². The van der Waals surface area contributed by atoms with Crippen molar-refractivity contribution in [3.8, 4) is 0 Å². The van der Waals surface area contributed by atoms with E-state index >= 15 is 0 Å². The summed E-state index contributed by atoms with van der Waals surface area (Å²) in [6.45, 7) is 6.74. The van der Waals surface area contributed by atoms with E-state index < -0.39 is 0 Å². The van der Waals surface area contributed by atoms with Crippen LogP contribution in [0, 0.1) is 5.92 Å². The van der Waals surface area contributed by atoms with Crippen molar-refractivity contribution in [3.05, 3.63) is 17.7 Å². The molecule has 1 saturated heterocycles. The van der Waals surface area contributed by atoms with Gasteiger partial charge < -0.3 is 15.2 Å². The van der Waals surface area contributed by atoms with E-state index in [-0.39, 0.29) is 24.0 Å². The molecule has 0 spiro atoms. The minimum absolute atomic E-state index is 0. The Morgan fingerprint density at radius 1 is 1.31 bits per heavy atom. The Kier molecular flexibility index (Phi) is 6.82. The maximum absolute atomic E-state index is 4.78. The highest BCUT2D eigenvalue weighted by Crippen LogP contribution is 2.31. The highest BCUT2D eigenvalue weighted by atomic mass is 127. The number of aryl methyl sites for hydroxylation is 2. The van der Waals surface area contributed by atoms with E-state index in [1.54, 1.807) is 0 Å². The van der Waals surface area contributed by atoms with Crippen molar-refractivity contribution < 1.29 is 0 Å². The van der Waals surface area contributed by atoms with E-state index in [0.29, 0.717) is 12.0 Å². The SMILES string of the molecule is CN=C(NCCc1cn2c(n1)CCCC2)NC1CN(C2CC2)CC1C.I. The van der Waals surface area contributed by atoms with Crippen molar-refractivity contribution in [2.75, 3.05) is 26.7 Å². The highest BCUT2D eigenvalue weighted by Gasteiger charge is 2.38. The van der Waals surface area contributed by atoms with Crippen molar-refractivity contribution in [2.45, 2.75) is 64.1 Å². The zero-order chi connectivity index (χ0) is 17.2. The molecule has 1 saturated carbocycles. The van der Waals surface area contributed by atoms with Crippen LogP contribution >= 0.6 is 24.0 Å². The number of aliphatic imine (C=N–C) groups is 1. The van der Waals surface area contributed by atoms with Crippen molar-refractivity contribution in [3.63, 3.8) is 0 Å². The van der Waals surface area contributed by atoms with Gasteiger partial charge in [0.1, 0.15) is 5.82 Å². The highest BCUT2D eigenvalue weighted by molar-refractivity contribution is 14.0. The molecular formula is C19H33IN6. The van der Waals surface area contributed by atoms with Crippen molar-refractivity contribution in [2.24, 2.45) is 10.9 Å². The lowest BCUT2D eigenvalue weighted by Crippen LogP contribution is -2.47. The van der Waals surface area contributed by atoms with Gasteiger partial charge in [0.15, 0.2) is 5.96 Å². The summed E-state index contributed by atoms with van der Waals surface area (Å²) in [5, 5.41) is 7.11. The van der Waals surface area contributed by atoms with Crippen LogP contribution in [-0.4, -0.2) is 59.2 Å². The molecule has 0 bridgehead atoms. The number of imidazole rings is 1. The van der Waals surface area contributed by atoms with Gasteiger partial charge in [-0.15, -0.1) is 24.0 Å². The van der Waals surface area contributed by atoms with Crippen LogP contribution in [0.1, 0.15) is 44.1 Å². The van der Waals surface area contributed by atoms with Crippen molar-refractivity contribution in [1.82, 2.24) is 25.1 Å². The third kappa shape index (κ3) is 4.71. The summed E-state index contributed by atoms with van der Waals surface area (Å²) >= 11 is 0. The number of nitrogens with zero attached hydrogens (tertiary/aromatic N) is 4. The Hall–Kier alpha value is -0.830. The number of hydrogen-bond acceptors (Lipinski definition) is 3. The second-order valence-electron chi connectivity index (χ2n) is 7.96. The molecule has 146 valence electrons. The van der Waals surface area contributed by atoms with Gasteiger partial charge in [0.25, 0.3) is 0 Å². The van der Waals surface area contributed by atoms with Gasteiger partial charge in [-0.2, -0.15) is 0 Å². The van der Waals surface area contributed by atoms with Gasteiger partial charge in [0.05, 0.1) is 5.69 Å². The lowest BCUT2D eigenvalue weighted by molar-refractivity contribution is 0.315. The van der Waals surface area contributed by atoms with Crippen LogP contribution in [0.3, 0.4) is 0 Å². The molecule has 0 amide bonds. The monoisotopic (exact) mass is 472 g/mol. The molecule has 0 aromatic carbocycles. The van der Waals surface area contributed by atoms with E-state index in [0.717, 1.165) is 44.5 Å². The van der Waals surface area contributed by atoms with E-state index in [4.69, 9.17) is 4.98 Å². The average molecular weight is 472 g/mol. The Balaban J connectivity index is 0.00000196. The topological polar surface area (TPSA) is 57.5 Å². The first-order chi connectivity index (χ1) is 12.2. The maximum atomic E-state index is 4.78. The zero-order valence-electron chi connectivity index (χ0n) is 16.1. The average Bonchev–Trinajstić information content (AvgIpc) is 3.29. The number of hydrogen-bond donors (Lipinski definition) is 2. The molecule has 2 aliphatic heterocycles. The Morgan fingerprint density at radius 2 is 2.15 bits per heavy atom. The van der Waals surface area contributed by atoms with Crippen LogP contribution in [0.25, 0.3) is 0 Å². The Labute approximate surface area is 174 Å². The third-order valence-electron chi connectivity index (χ3n) is 5.88. The van der Waals surface area contributed by atoms with Crippen LogP contribution in [-0.2, 0) is 19.4 Å². The van der Waals surface area contributed by atoms with Crippen LogP contribution in [0.4, 0.5) is 0 Å². The Bertz CT molecular complexity index is 600. The minimum atomic E-state index is 0. The summed E-state index contributed by atoms with van der Waals surface area (Å²) in [7, 11) is 1.86. The summed E-state index contributed by atoms with van der Waals surface area (Å²) in [6, 6.07) is 1.36. The van der Waals surface area contributed by atoms with Gasteiger partial charge in [-0.25, -0.2) is 4.98 Å². The summed E-state index contributed by atoms with van der Waals surface area (Å²) in [6.07, 6.45) is 9.67. The van der Waals surface area contributed by atoms with Gasteiger partial charge in [0, 0.05) is 64.3 Å².